The zero-order chi connectivity index (χ0) is 10.3. The van der Waals surface area contributed by atoms with Gasteiger partial charge in [-0.3, -0.25) is 0 Å². The highest BCUT2D eigenvalue weighted by Crippen LogP contribution is 2.22. The highest BCUT2D eigenvalue weighted by Gasteiger charge is 2.00. The molecule has 0 unspecified atom stereocenters. The van der Waals surface area contributed by atoms with Crippen molar-refractivity contribution in [3.63, 3.8) is 0 Å². The van der Waals surface area contributed by atoms with Gasteiger partial charge in [-0.05, 0) is 11.5 Å². The minimum absolute atomic E-state index is 0.648. The van der Waals surface area contributed by atoms with Crippen LogP contribution in [0.1, 0.15) is 0 Å². The third-order valence-corrected chi connectivity index (χ3v) is 2.88. The molecule has 72 valence electrons. The molecule has 0 bridgehead atoms. The Morgan fingerprint density at radius 3 is 2.80 bits per heavy atom. The summed E-state index contributed by atoms with van der Waals surface area (Å²) < 4.78 is 0.648. The van der Waals surface area contributed by atoms with Crippen molar-refractivity contribution in [1.82, 2.24) is 9.97 Å². The van der Waals surface area contributed by atoms with E-state index in [4.69, 9.17) is 12.2 Å². The summed E-state index contributed by atoms with van der Waals surface area (Å²) in [5, 5.41) is 3.40. The van der Waals surface area contributed by atoms with Gasteiger partial charge in [-0.25, -0.2) is 4.98 Å². The first-order valence-electron chi connectivity index (χ1n) is 4.71. The molecular formula is C12H8N2S. The SMILES string of the molecule is S=c1nc[nH]c2c1ccc1ccccc12. The van der Waals surface area contributed by atoms with Crippen molar-refractivity contribution in [2.75, 3.05) is 0 Å². The third kappa shape index (κ3) is 1.24. The molecule has 1 aromatic heterocycles. The molecule has 0 spiro atoms. The lowest BCUT2D eigenvalue weighted by Gasteiger charge is -2.02. The first kappa shape index (κ1) is 8.56. The van der Waals surface area contributed by atoms with E-state index in [0.29, 0.717) is 4.64 Å². The lowest BCUT2D eigenvalue weighted by Crippen LogP contribution is -1.84. The molecule has 0 aliphatic rings. The zero-order valence-corrected chi connectivity index (χ0v) is 8.71. The molecule has 1 N–H and O–H groups in total. The first-order valence-corrected chi connectivity index (χ1v) is 5.12. The van der Waals surface area contributed by atoms with Gasteiger partial charge < -0.3 is 4.98 Å². The van der Waals surface area contributed by atoms with Gasteiger partial charge in [0.2, 0.25) is 0 Å². The van der Waals surface area contributed by atoms with E-state index in [0.717, 1.165) is 10.9 Å². The molecule has 0 atom stereocenters. The molecule has 0 amide bonds. The van der Waals surface area contributed by atoms with E-state index in [1.54, 1.807) is 6.33 Å². The second-order valence-corrected chi connectivity index (χ2v) is 3.80. The Kier molecular flexibility index (Phi) is 1.79. The molecule has 1 heterocycles. The quantitative estimate of drug-likeness (QED) is 0.456. The molecule has 3 heteroatoms. The van der Waals surface area contributed by atoms with Crippen LogP contribution in [0.25, 0.3) is 21.7 Å². The Morgan fingerprint density at radius 2 is 1.87 bits per heavy atom. The van der Waals surface area contributed by atoms with Crippen LogP contribution < -0.4 is 0 Å². The second-order valence-electron chi connectivity index (χ2n) is 3.42. The monoisotopic (exact) mass is 212 g/mol. The number of benzene rings is 2. The summed E-state index contributed by atoms with van der Waals surface area (Å²) in [6, 6.07) is 12.3. The van der Waals surface area contributed by atoms with Crippen molar-refractivity contribution in [1.29, 1.82) is 0 Å². The van der Waals surface area contributed by atoms with Crippen LogP contribution in [0.2, 0.25) is 0 Å². The summed E-state index contributed by atoms with van der Waals surface area (Å²) in [6.07, 6.45) is 1.65. The number of hydrogen-bond acceptors (Lipinski definition) is 2. The second kappa shape index (κ2) is 3.14. The van der Waals surface area contributed by atoms with Gasteiger partial charge in [-0.2, -0.15) is 0 Å². The van der Waals surface area contributed by atoms with Crippen molar-refractivity contribution in [2.24, 2.45) is 0 Å². The molecule has 0 fully saturated rings. The fourth-order valence-electron chi connectivity index (χ4n) is 1.83. The molecule has 3 aromatic rings. The molecule has 3 rings (SSSR count). The Hall–Kier alpha value is -1.74. The summed E-state index contributed by atoms with van der Waals surface area (Å²) >= 11 is 5.19. The number of aromatic amines is 1. The third-order valence-electron chi connectivity index (χ3n) is 2.55. The average molecular weight is 212 g/mol. The minimum atomic E-state index is 0.648. The maximum atomic E-state index is 5.19. The van der Waals surface area contributed by atoms with E-state index in [-0.39, 0.29) is 0 Å². The standard InChI is InChI=1S/C12H8N2S/c15-12-10-6-5-8-3-1-2-4-9(8)11(10)13-7-14-12/h1-7H,(H,13,14,15). The van der Waals surface area contributed by atoms with Crippen molar-refractivity contribution >= 4 is 33.9 Å². The summed E-state index contributed by atoms with van der Waals surface area (Å²) in [5.41, 5.74) is 1.06. The van der Waals surface area contributed by atoms with Crippen LogP contribution >= 0.6 is 12.2 Å². The normalized spacial score (nSPS) is 10.9. The summed E-state index contributed by atoms with van der Waals surface area (Å²) in [6.45, 7) is 0. The van der Waals surface area contributed by atoms with Gasteiger partial charge in [0, 0.05) is 10.8 Å². The maximum Gasteiger partial charge on any atom is 0.137 e. The summed E-state index contributed by atoms with van der Waals surface area (Å²) in [5.74, 6) is 0. The fourth-order valence-corrected chi connectivity index (χ4v) is 2.05. The van der Waals surface area contributed by atoms with Gasteiger partial charge >= 0.3 is 0 Å². The number of hydrogen-bond donors (Lipinski definition) is 1. The molecule has 0 aliphatic carbocycles. The van der Waals surface area contributed by atoms with Gasteiger partial charge in [0.15, 0.2) is 0 Å². The maximum absolute atomic E-state index is 5.19. The number of fused-ring (bicyclic) bond motifs is 3. The van der Waals surface area contributed by atoms with Gasteiger partial charge in [0.25, 0.3) is 0 Å². The average Bonchev–Trinajstić information content (AvgIpc) is 2.29. The van der Waals surface area contributed by atoms with Crippen molar-refractivity contribution in [3.05, 3.63) is 47.4 Å². The number of nitrogens with one attached hydrogen (secondary N) is 1. The molecule has 0 saturated carbocycles. The van der Waals surface area contributed by atoms with Crippen LogP contribution in [0.15, 0.2) is 42.7 Å². The van der Waals surface area contributed by atoms with Crippen LogP contribution in [-0.2, 0) is 0 Å². The van der Waals surface area contributed by atoms with Crippen molar-refractivity contribution < 1.29 is 0 Å². The van der Waals surface area contributed by atoms with Crippen LogP contribution in [0.4, 0.5) is 0 Å². The van der Waals surface area contributed by atoms with E-state index in [2.05, 4.69) is 28.2 Å². The number of rotatable bonds is 0. The van der Waals surface area contributed by atoms with Crippen LogP contribution in [-0.4, -0.2) is 9.97 Å². The Labute approximate surface area is 91.6 Å². The highest BCUT2D eigenvalue weighted by atomic mass is 32.1. The molecule has 2 aromatic carbocycles. The molecule has 0 saturated heterocycles. The molecular weight excluding hydrogens is 204 g/mol. The number of nitrogens with zero attached hydrogens (tertiary/aromatic N) is 1. The van der Waals surface area contributed by atoms with Gasteiger partial charge in [0.05, 0.1) is 11.8 Å². The first-order chi connectivity index (χ1) is 7.36. The van der Waals surface area contributed by atoms with Crippen molar-refractivity contribution in [3.8, 4) is 0 Å². The van der Waals surface area contributed by atoms with Gasteiger partial charge in [-0.1, -0.05) is 42.5 Å². The highest BCUT2D eigenvalue weighted by molar-refractivity contribution is 7.71. The smallest absolute Gasteiger partial charge is 0.137 e. The largest absolute Gasteiger partial charge is 0.345 e. The van der Waals surface area contributed by atoms with Gasteiger partial charge in [-0.15, -0.1) is 0 Å². The van der Waals surface area contributed by atoms with Crippen LogP contribution in [0.3, 0.4) is 0 Å². The van der Waals surface area contributed by atoms with Crippen LogP contribution in [0, 0.1) is 4.64 Å². The van der Waals surface area contributed by atoms with Gasteiger partial charge in [0.1, 0.15) is 4.64 Å². The van der Waals surface area contributed by atoms with E-state index < -0.39 is 0 Å². The van der Waals surface area contributed by atoms with E-state index in [1.165, 1.54) is 10.8 Å². The molecule has 0 aliphatic heterocycles. The predicted molar refractivity (Wildman–Crippen MR) is 64.4 cm³/mol. The molecule has 0 radical (unpaired) electrons. The van der Waals surface area contributed by atoms with Crippen LogP contribution in [0.5, 0.6) is 0 Å². The number of H-pyrrole nitrogens is 1. The van der Waals surface area contributed by atoms with E-state index in [1.807, 2.05) is 18.2 Å². The lowest BCUT2D eigenvalue weighted by molar-refractivity contribution is 1.21. The molecule has 15 heavy (non-hydrogen) atoms. The zero-order valence-electron chi connectivity index (χ0n) is 7.90. The summed E-state index contributed by atoms with van der Waals surface area (Å²) in [4.78, 5) is 7.23. The minimum Gasteiger partial charge on any atom is -0.345 e. The fraction of sp³-hybridized carbons (Fsp3) is 0. The number of aromatic nitrogens is 2. The lowest BCUT2D eigenvalue weighted by atomic mass is 10.1. The Balaban J connectivity index is 2.67. The molecule has 2 nitrogen and oxygen atoms in total. The Bertz CT molecular complexity index is 700. The van der Waals surface area contributed by atoms with E-state index in [9.17, 15) is 0 Å². The Morgan fingerprint density at radius 1 is 1.00 bits per heavy atom. The predicted octanol–water partition coefficient (Wildman–Crippen LogP) is 3.45. The topological polar surface area (TPSA) is 28.7 Å². The van der Waals surface area contributed by atoms with Crippen molar-refractivity contribution in [2.45, 2.75) is 0 Å². The van der Waals surface area contributed by atoms with E-state index >= 15 is 0 Å². The summed E-state index contributed by atoms with van der Waals surface area (Å²) in [7, 11) is 0.